The van der Waals surface area contributed by atoms with Gasteiger partial charge in [-0.15, -0.1) is 0 Å². The molecule has 1 aliphatic rings. The van der Waals surface area contributed by atoms with E-state index in [-0.39, 0.29) is 17.1 Å². The normalized spacial score (nSPS) is 16.5. The van der Waals surface area contributed by atoms with Crippen molar-refractivity contribution >= 4 is 0 Å². The first-order valence-electron chi connectivity index (χ1n) is 13.1. The highest BCUT2D eigenvalue weighted by Gasteiger charge is 2.35. The molecule has 1 atom stereocenters. The summed E-state index contributed by atoms with van der Waals surface area (Å²) in [6.07, 6.45) is 6.42. The fourth-order valence-electron chi connectivity index (χ4n) is 5.91. The van der Waals surface area contributed by atoms with Gasteiger partial charge < -0.3 is 14.2 Å². The van der Waals surface area contributed by atoms with Gasteiger partial charge in [0.2, 0.25) is 0 Å². The van der Waals surface area contributed by atoms with E-state index in [1.54, 1.807) is 0 Å². The van der Waals surface area contributed by atoms with Gasteiger partial charge in [0.1, 0.15) is 18.1 Å². The van der Waals surface area contributed by atoms with E-state index in [0.29, 0.717) is 19.1 Å². The molecule has 0 bridgehead atoms. The number of benzene rings is 2. The van der Waals surface area contributed by atoms with Crippen LogP contribution in [0.5, 0.6) is 11.5 Å². The molecule has 0 heterocycles. The SMILES string of the molecule is CC(OCCOc1ccc(C2CCCCC2)cc1)Oc1ccc(C(C(C)(C)C)C(C)(C)C)cc1. The summed E-state index contributed by atoms with van der Waals surface area (Å²) in [5.74, 6) is 2.92. The van der Waals surface area contributed by atoms with Crippen LogP contribution in [-0.4, -0.2) is 19.5 Å². The molecule has 3 rings (SSSR count). The molecule has 34 heavy (non-hydrogen) atoms. The number of rotatable bonds is 9. The molecule has 0 amide bonds. The van der Waals surface area contributed by atoms with Crippen LogP contribution in [0.15, 0.2) is 48.5 Å². The first-order valence-corrected chi connectivity index (χ1v) is 13.1. The van der Waals surface area contributed by atoms with Crippen molar-refractivity contribution in [3.8, 4) is 11.5 Å². The lowest BCUT2D eigenvalue weighted by Crippen LogP contribution is -2.30. The van der Waals surface area contributed by atoms with Gasteiger partial charge in [-0.3, -0.25) is 0 Å². The summed E-state index contributed by atoms with van der Waals surface area (Å²) in [6, 6.07) is 17.2. The maximum absolute atomic E-state index is 5.98. The molecular weight excluding hydrogens is 420 g/mol. The van der Waals surface area contributed by atoms with Gasteiger partial charge in [0, 0.05) is 0 Å². The molecule has 3 heteroatoms. The van der Waals surface area contributed by atoms with Gasteiger partial charge in [-0.2, -0.15) is 0 Å². The minimum atomic E-state index is -0.329. The van der Waals surface area contributed by atoms with Crippen molar-refractivity contribution in [3.05, 3.63) is 59.7 Å². The van der Waals surface area contributed by atoms with Crippen LogP contribution in [-0.2, 0) is 4.74 Å². The zero-order valence-corrected chi connectivity index (χ0v) is 22.5. The Bertz CT molecular complexity index is 836. The highest BCUT2D eigenvalue weighted by Crippen LogP contribution is 2.47. The third-order valence-electron chi connectivity index (χ3n) is 6.91. The molecular formula is C31H46O3. The Morgan fingerprint density at radius 1 is 0.735 bits per heavy atom. The van der Waals surface area contributed by atoms with Gasteiger partial charge in [0.15, 0.2) is 6.29 Å². The Kier molecular flexibility index (Phi) is 9.09. The minimum Gasteiger partial charge on any atom is -0.491 e. The second-order valence-electron chi connectivity index (χ2n) is 12.0. The van der Waals surface area contributed by atoms with Crippen LogP contribution in [0.25, 0.3) is 0 Å². The van der Waals surface area contributed by atoms with Crippen molar-refractivity contribution in [2.45, 2.75) is 98.7 Å². The summed E-state index contributed by atoms with van der Waals surface area (Å²) in [4.78, 5) is 0. The van der Waals surface area contributed by atoms with Crippen LogP contribution in [0, 0.1) is 10.8 Å². The standard InChI is InChI=1S/C31H46O3/c1-23(34-28-19-15-26(16-20-28)29(30(2,3)4)31(5,6)7)32-21-22-33-27-17-13-25(14-18-27)24-11-9-8-10-12-24/h13-20,23-24,29H,8-12,21-22H2,1-7H3. The highest BCUT2D eigenvalue weighted by molar-refractivity contribution is 5.32. The van der Waals surface area contributed by atoms with Crippen molar-refractivity contribution in [1.82, 2.24) is 0 Å². The molecule has 0 spiro atoms. The van der Waals surface area contributed by atoms with Gasteiger partial charge in [-0.1, -0.05) is 85.1 Å². The molecule has 2 aromatic carbocycles. The molecule has 0 aliphatic heterocycles. The van der Waals surface area contributed by atoms with Crippen molar-refractivity contribution in [1.29, 1.82) is 0 Å². The predicted octanol–water partition coefficient (Wildman–Crippen LogP) is 8.73. The molecule has 2 aromatic rings. The molecule has 0 N–H and O–H groups in total. The molecule has 3 nitrogen and oxygen atoms in total. The summed E-state index contributed by atoms with van der Waals surface area (Å²) in [7, 11) is 0. The predicted molar refractivity (Wildman–Crippen MR) is 142 cm³/mol. The monoisotopic (exact) mass is 466 g/mol. The molecule has 0 aromatic heterocycles. The van der Waals surface area contributed by atoms with Crippen LogP contribution in [0.2, 0.25) is 0 Å². The number of ether oxygens (including phenoxy) is 3. The van der Waals surface area contributed by atoms with Crippen LogP contribution in [0.4, 0.5) is 0 Å². The van der Waals surface area contributed by atoms with Gasteiger partial charge >= 0.3 is 0 Å². The van der Waals surface area contributed by atoms with Crippen LogP contribution in [0.3, 0.4) is 0 Å². The van der Waals surface area contributed by atoms with Crippen molar-refractivity contribution < 1.29 is 14.2 Å². The average Bonchev–Trinajstić information content (AvgIpc) is 2.77. The van der Waals surface area contributed by atoms with E-state index in [1.807, 2.05) is 6.92 Å². The molecule has 1 saturated carbocycles. The van der Waals surface area contributed by atoms with E-state index >= 15 is 0 Å². The third-order valence-corrected chi connectivity index (χ3v) is 6.91. The smallest absolute Gasteiger partial charge is 0.197 e. The number of hydrogen-bond acceptors (Lipinski definition) is 3. The van der Waals surface area contributed by atoms with Gasteiger partial charge in [0.25, 0.3) is 0 Å². The highest BCUT2D eigenvalue weighted by atomic mass is 16.7. The van der Waals surface area contributed by atoms with Crippen molar-refractivity contribution in [2.75, 3.05) is 13.2 Å². The van der Waals surface area contributed by atoms with Crippen LogP contribution >= 0.6 is 0 Å². The fourth-order valence-corrected chi connectivity index (χ4v) is 5.91. The van der Waals surface area contributed by atoms with Gasteiger partial charge in [0.05, 0.1) is 6.61 Å². The Morgan fingerprint density at radius 3 is 1.85 bits per heavy atom. The van der Waals surface area contributed by atoms with Crippen LogP contribution < -0.4 is 9.47 Å². The van der Waals surface area contributed by atoms with Crippen LogP contribution in [0.1, 0.15) is 104 Å². The largest absolute Gasteiger partial charge is 0.491 e. The lowest BCUT2D eigenvalue weighted by Gasteiger charge is -2.41. The molecule has 0 radical (unpaired) electrons. The second kappa shape index (κ2) is 11.6. The number of hydrogen-bond donors (Lipinski definition) is 0. The fraction of sp³-hybridized carbons (Fsp3) is 0.613. The maximum atomic E-state index is 5.98. The lowest BCUT2D eigenvalue weighted by atomic mass is 9.64. The summed E-state index contributed by atoms with van der Waals surface area (Å²) >= 11 is 0. The molecule has 1 fully saturated rings. The Hall–Kier alpha value is -2.00. The van der Waals surface area contributed by atoms with E-state index in [2.05, 4.69) is 90.1 Å². The quantitative estimate of drug-likeness (QED) is 0.273. The summed E-state index contributed by atoms with van der Waals surface area (Å²) in [5, 5.41) is 0. The van der Waals surface area contributed by atoms with Gasteiger partial charge in [-0.25, -0.2) is 0 Å². The topological polar surface area (TPSA) is 27.7 Å². The van der Waals surface area contributed by atoms with E-state index in [9.17, 15) is 0 Å². The summed E-state index contributed by atoms with van der Waals surface area (Å²) < 4.78 is 17.7. The summed E-state index contributed by atoms with van der Waals surface area (Å²) in [6.45, 7) is 16.8. The Morgan fingerprint density at radius 2 is 1.29 bits per heavy atom. The maximum Gasteiger partial charge on any atom is 0.197 e. The van der Waals surface area contributed by atoms with E-state index in [0.717, 1.165) is 17.4 Å². The molecule has 0 saturated heterocycles. The lowest BCUT2D eigenvalue weighted by molar-refractivity contribution is -0.0739. The zero-order chi connectivity index (χ0) is 24.8. The second-order valence-corrected chi connectivity index (χ2v) is 12.0. The minimum absolute atomic E-state index is 0.188. The zero-order valence-electron chi connectivity index (χ0n) is 22.5. The van der Waals surface area contributed by atoms with E-state index < -0.39 is 0 Å². The molecule has 188 valence electrons. The van der Waals surface area contributed by atoms with Crippen molar-refractivity contribution in [3.63, 3.8) is 0 Å². The Labute approximate surface area is 208 Å². The summed E-state index contributed by atoms with van der Waals surface area (Å²) in [5.41, 5.74) is 3.18. The molecule has 1 unspecified atom stereocenters. The van der Waals surface area contributed by atoms with Gasteiger partial charge in [-0.05, 0) is 77.8 Å². The van der Waals surface area contributed by atoms with Crippen molar-refractivity contribution in [2.24, 2.45) is 10.8 Å². The Balaban J connectivity index is 1.42. The third kappa shape index (κ3) is 7.77. The first-order chi connectivity index (χ1) is 16.0. The van der Waals surface area contributed by atoms with E-state index in [4.69, 9.17) is 14.2 Å². The average molecular weight is 467 g/mol. The first kappa shape index (κ1) is 26.6. The van der Waals surface area contributed by atoms with E-state index in [1.165, 1.54) is 43.2 Å². The molecule has 1 aliphatic carbocycles.